The molecule has 0 aliphatic carbocycles. The van der Waals surface area contributed by atoms with Gasteiger partial charge in [-0.2, -0.15) is 0 Å². The molecule has 0 bridgehead atoms. The fourth-order valence-electron chi connectivity index (χ4n) is 1.91. The zero-order valence-electron chi connectivity index (χ0n) is 12.2. The fraction of sp³-hybridized carbons (Fsp3) is 0.533. The van der Waals surface area contributed by atoms with E-state index in [1.165, 1.54) is 0 Å². The van der Waals surface area contributed by atoms with E-state index in [1.54, 1.807) is 19.1 Å². The lowest BCUT2D eigenvalue weighted by molar-refractivity contribution is -0.115. The number of likely N-dealkylation sites (N-methyl/N-ethyl adjacent to an activating group) is 1. The quantitative estimate of drug-likeness (QED) is 0.673. The van der Waals surface area contributed by atoms with Crippen LogP contribution in [0.15, 0.2) is 24.3 Å². The van der Waals surface area contributed by atoms with Crippen molar-refractivity contribution in [2.75, 3.05) is 31.6 Å². The molecule has 0 radical (unpaired) electrons. The number of amides is 1. The Morgan fingerprint density at radius 1 is 1.30 bits per heavy atom. The van der Waals surface area contributed by atoms with Gasteiger partial charge >= 0.3 is 0 Å². The molecule has 0 aliphatic heterocycles. The van der Waals surface area contributed by atoms with Gasteiger partial charge < -0.3 is 15.5 Å². The minimum absolute atomic E-state index is 0.0293. The van der Waals surface area contributed by atoms with E-state index in [0.717, 1.165) is 17.8 Å². The van der Waals surface area contributed by atoms with Gasteiger partial charge in [-0.05, 0) is 24.2 Å². The summed E-state index contributed by atoms with van der Waals surface area (Å²) in [5.74, 6) is -0.0293. The first kappa shape index (κ1) is 16.6. The monoisotopic (exact) mass is 280 g/mol. The summed E-state index contributed by atoms with van der Waals surface area (Å²) in [5.41, 5.74) is 1.53. The lowest BCUT2D eigenvalue weighted by atomic mass is 10.1. The van der Waals surface area contributed by atoms with Gasteiger partial charge in [-0.1, -0.05) is 26.0 Å². The molecular formula is C15H24N2O3. The van der Waals surface area contributed by atoms with Gasteiger partial charge in [-0.25, -0.2) is 0 Å². The topological polar surface area (TPSA) is 72.8 Å². The molecule has 0 saturated carbocycles. The number of aliphatic hydroxyl groups is 2. The first-order valence-electron chi connectivity index (χ1n) is 7.01. The molecule has 5 nitrogen and oxygen atoms in total. The SMILES string of the molecule is CCC(=O)Nc1ccc(C(O)CN(CC)CCO)cc1. The highest BCUT2D eigenvalue weighted by molar-refractivity contribution is 5.90. The zero-order valence-corrected chi connectivity index (χ0v) is 12.2. The van der Waals surface area contributed by atoms with Crippen LogP contribution >= 0.6 is 0 Å². The van der Waals surface area contributed by atoms with Gasteiger partial charge in [0.15, 0.2) is 0 Å². The highest BCUT2D eigenvalue weighted by Gasteiger charge is 2.12. The maximum Gasteiger partial charge on any atom is 0.224 e. The largest absolute Gasteiger partial charge is 0.395 e. The van der Waals surface area contributed by atoms with Crippen LogP contribution in [0.1, 0.15) is 31.9 Å². The van der Waals surface area contributed by atoms with Crippen LogP contribution in [0, 0.1) is 0 Å². The second kappa shape index (κ2) is 8.68. The van der Waals surface area contributed by atoms with E-state index in [1.807, 2.05) is 24.0 Å². The van der Waals surface area contributed by atoms with E-state index < -0.39 is 6.10 Å². The van der Waals surface area contributed by atoms with Crippen LogP contribution in [-0.2, 0) is 4.79 Å². The third-order valence-electron chi connectivity index (χ3n) is 3.19. The molecule has 5 heteroatoms. The summed E-state index contributed by atoms with van der Waals surface area (Å²) < 4.78 is 0. The van der Waals surface area contributed by atoms with Crippen LogP contribution in [0.4, 0.5) is 5.69 Å². The molecule has 112 valence electrons. The molecule has 20 heavy (non-hydrogen) atoms. The van der Waals surface area contributed by atoms with Crippen molar-refractivity contribution in [1.29, 1.82) is 0 Å². The van der Waals surface area contributed by atoms with Gasteiger partial charge in [-0.15, -0.1) is 0 Å². The Kier molecular flexibility index (Phi) is 7.22. The minimum atomic E-state index is -0.600. The highest BCUT2D eigenvalue weighted by Crippen LogP contribution is 2.17. The number of aliphatic hydroxyl groups excluding tert-OH is 2. The fourth-order valence-corrected chi connectivity index (χ4v) is 1.91. The normalized spacial score (nSPS) is 12.4. The number of hydrogen-bond donors (Lipinski definition) is 3. The van der Waals surface area contributed by atoms with Crippen molar-refractivity contribution in [3.05, 3.63) is 29.8 Å². The molecule has 1 rings (SSSR count). The van der Waals surface area contributed by atoms with Crippen LogP contribution in [0.3, 0.4) is 0 Å². The maximum absolute atomic E-state index is 11.3. The lowest BCUT2D eigenvalue weighted by Gasteiger charge is -2.22. The van der Waals surface area contributed by atoms with Gasteiger partial charge in [0.1, 0.15) is 0 Å². The Bertz CT molecular complexity index is 406. The molecule has 0 fully saturated rings. The molecule has 1 aromatic rings. The lowest BCUT2D eigenvalue weighted by Crippen LogP contribution is -2.31. The first-order chi connectivity index (χ1) is 9.60. The number of hydrogen-bond acceptors (Lipinski definition) is 4. The molecule has 1 unspecified atom stereocenters. The molecule has 1 aromatic carbocycles. The van der Waals surface area contributed by atoms with Crippen molar-refractivity contribution >= 4 is 11.6 Å². The predicted molar refractivity (Wildman–Crippen MR) is 79.5 cm³/mol. The van der Waals surface area contributed by atoms with Gasteiger partial charge in [0.2, 0.25) is 5.91 Å². The smallest absolute Gasteiger partial charge is 0.224 e. The number of nitrogens with zero attached hydrogens (tertiary/aromatic N) is 1. The third kappa shape index (κ3) is 5.28. The number of rotatable bonds is 8. The van der Waals surface area contributed by atoms with Crippen LogP contribution in [0.2, 0.25) is 0 Å². The second-order valence-corrected chi connectivity index (χ2v) is 4.66. The molecule has 3 N–H and O–H groups in total. The minimum Gasteiger partial charge on any atom is -0.395 e. The van der Waals surface area contributed by atoms with Crippen molar-refractivity contribution < 1.29 is 15.0 Å². The maximum atomic E-state index is 11.3. The Labute approximate surface area is 120 Å². The number of benzene rings is 1. The van der Waals surface area contributed by atoms with Crippen molar-refractivity contribution in [2.24, 2.45) is 0 Å². The van der Waals surface area contributed by atoms with E-state index in [0.29, 0.717) is 19.5 Å². The third-order valence-corrected chi connectivity index (χ3v) is 3.19. The summed E-state index contributed by atoms with van der Waals surface area (Å²) >= 11 is 0. The summed E-state index contributed by atoms with van der Waals surface area (Å²) in [6.07, 6.45) is -0.158. The Morgan fingerprint density at radius 3 is 2.45 bits per heavy atom. The van der Waals surface area contributed by atoms with Crippen molar-refractivity contribution in [1.82, 2.24) is 4.90 Å². The van der Waals surface area contributed by atoms with Crippen LogP contribution in [0.25, 0.3) is 0 Å². The number of carbonyl (C=O) groups excluding carboxylic acids is 1. The van der Waals surface area contributed by atoms with E-state index in [9.17, 15) is 9.90 Å². The van der Waals surface area contributed by atoms with Gasteiger partial charge in [0.25, 0.3) is 0 Å². The van der Waals surface area contributed by atoms with Crippen molar-refractivity contribution in [3.63, 3.8) is 0 Å². The van der Waals surface area contributed by atoms with E-state index in [-0.39, 0.29) is 12.5 Å². The Balaban J connectivity index is 2.60. The standard InChI is InChI=1S/C15H24N2O3/c1-3-15(20)16-13-7-5-12(6-8-13)14(19)11-17(4-2)9-10-18/h5-8,14,18-19H,3-4,9-11H2,1-2H3,(H,16,20). The van der Waals surface area contributed by atoms with E-state index >= 15 is 0 Å². The average molecular weight is 280 g/mol. The summed E-state index contributed by atoms with van der Waals surface area (Å²) in [7, 11) is 0. The molecule has 0 heterocycles. The van der Waals surface area contributed by atoms with Gasteiger partial charge in [0.05, 0.1) is 12.7 Å². The molecule has 0 spiro atoms. The van der Waals surface area contributed by atoms with Gasteiger partial charge in [0, 0.05) is 25.2 Å². The van der Waals surface area contributed by atoms with Gasteiger partial charge in [-0.3, -0.25) is 9.69 Å². The summed E-state index contributed by atoms with van der Waals surface area (Å²) in [6.45, 7) is 5.69. The molecule has 0 aromatic heterocycles. The summed E-state index contributed by atoms with van der Waals surface area (Å²) in [4.78, 5) is 13.2. The molecule has 0 aliphatic rings. The predicted octanol–water partition coefficient (Wildman–Crippen LogP) is 1.38. The van der Waals surface area contributed by atoms with Crippen LogP contribution in [0.5, 0.6) is 0 Å². The first-order valence-corrected chi connectivity index (χ1v) is 7.01. The number of nitrogens with one attached hydrogen (secondary N) is 1. The zero-order chi connectivity index (χ0) is 15.0. The van der Waals surface area contributed by atoms with Crippen LogP contribution < -0.4 is 5.32 Å². The highest BCUT2D eigenvalue weighted by atomic mass is 16.3. The number of carbonyl (C=O) groups is 1. The van der Waals surface area contributed by atoms with E-state index in [4.69, 9.17) is 5.11 Å². The molecular weight excluding hydrogens is 256 g/mol. The molecule has 1 amide bonds. The molecule has 1 atom stereocenters. The average Bonchev–Trinajstić information content (AvgIpc) is 2.47. The molecule has 0 saturated heterocycles. The summed E-state index contributed by atoms with van der Waals surface area (Å²) in [5, 5.41) is 21.9. The van der Waals surface area contributed by atoms with Crippen molar-refractivity contribution in [2.45, 2.75) is 26.4 Å². The van der Waals surface area contributed by atoms with Crippen molar-refractivity contribution in [3.8, 4) is 0 Å². The van der Waals surface area contributed by atoms with Crippen LogP contribution in [-0.4, -0.2) is 47.3 Å². The van der Waals surface area contributed by atoms with E-state index in [2.05, 4.69) is 5.32 Å². The Hall–Kier alpha value is -1.43. The Morgan fingerprint density at radius 2 is 1.95 bits per heavy atom. The second-order valence-electron chi connectivity index (χ2n) is 4.66. The number of anilines is 1. The summed E-state index contributed by atoms with van der Waals surface area (Å²) in [6, 6.07) is 7.19.